The number of carbonyl (C=O) groups is 1. The predicted octanol–water partition coefficient (Wildman–Crippen LogP) is 0.174. The van der Waals surface area contributed by atoms with Gasteiger partial charge in [-0.2, -0.15) is 0 Å². The summed E-state index contributed by atoms with van der Waals surface area (Å²) in [5.41, 5.74) is 0. The molecular weight excluding hydrogens is 158 g/mol. The smallest absolute Gasteiger partial charge is 0.331 e. The molecular formula is C8H17NO3. The molecule has 1 N–H and O–H groups in total. The van der Waals surface area contributed by atoms with E-state index in [1.54, 1.807) is 0 Å². The monoisotopic (exact) mass is 175 g/mol. The number of esters is 1. The Bertz CT molecular complexity index is 127. The Morgan fingerprint density at radius 1 is 1.58 bits per heavy atom. The number of carbonyl (C=O) groups excluding carboxylic acids is 1. The molecule has 0 heterocycles. The van der Waals surface area contributed by atoms with Gasteiger partial charge in [0.05, 0.1) is 13.2 Å². The predicted molar refractivity (Wildman–Crippen MR) is 46.0 cm³/mol. The molecule has 0 aromatic rings. The zero-order chi connectivity index (χ0) is 9.40. The first kappa shape index (κ1) is 11.4. The van der Waals surface area contributed by atoms with Crippen molar-refractivity contribution in [2.75, 3.05) is 27.3 Å². The summed E-state index contributed by atoms with van der Waals surface area (Å²) in [4.78, 5) is 10.7. The number of rotatable bonds is 6. The first-order chi connectivity index (χ1) is 5.74. The van der Waals surface area contributed by atoms with Crippen molar-refractivity contribution in [1.82, 2.24) is 5.32 Å². The summed E-state index contributed by atoms with van der Waals surface area (Å²) in [6.07, 6.45) is 0.978. The van der Waals surface area contributed by atoms with Crippen LogP contribution in [0.1, 0.15) is 13.3 Å². The zero-order valence-corrected chi connectivity index (χ0v) is 7.92. The highest BCUT2D eigenvalue weighted by atomic mass is 16.6. The van der Waals surface area contributed by atoms with E-state index in [0.29, 0.717) is 0 Å². The molecule has 0 amide bonds. The van der Waals surface area contributed by atoms with Gasteiger partial charge in [-0.15, -0.1) is 0 Å². The minimum Gasteiger partial charge on any atom is -0.467 e. The second-order valence-corrected chi connectivity index (χ2v) is 2.48. The van der Waals surface area contributed by atoms with Gasteiger partial charge >= 0.3 is 5.97 Å². The summed E-state index contributed by atoms with van der Waals surface area (Å²) in [6, 6.07) is 0. The molecule has 4 heteroatoms. The van der Waals surface area contributed by atoms with E-state index in [0.717, 1.165) is 13.0 Å². The summed E-state index contributed by atoms with van der Waals surface area (Å²) in [5, 5.41) is 2.98. The van der Waals surface area contributed by atoms with E-state index in [2.05, 4.69) is 10.1 Å². The first-order valence-electron chi connectivity index (χ1n) is 4.07. The molecule has 0 saturated heterocycles. The molecule has 1 unspecified atom stereocenters. The SMILES string of the molecule is CCC(CNC)OCC(=O)OC. The van der Waals surface area contributed by atoms with Crippen molar-refractivity contribution in [3.63, 3.8) is 0 Å². The minimum atomic E-state index is -0.329. The summed E-state index contributed by atoms with van der Waals surface area (Å²) in [7, 11) is 3.20. The molecule has 72 valence electrons. The van der Waals surface area contributed by atoms with Crippen molar-refractivity contribution in [3.8, 4) is 0 Å². The normalized spacial score (nSPS) is 12.6. The highest BCUT2D eigenvalue weighted by molar-refractivity contribution is 5.70. The largest absolute Gasteiger partial charge is 0.467 e. The molecule has 0 rings (SSSR count). The fourth-order valence-corrected chi connectivity index (χ4v) is 0.794. The van der Waals surface area contributed by atoms with Crippen LogP contribution in [0.15, 0.2) is 0 Å². The maximum Gasteiger partial charge on any atom is 0.331 e. The second kappa shape index (κ2) is 7.06. The van der Waals surface area contributed by atoms with E-state index in [4.69, 9.17) is 4.74 Å². The fraction of sp³-hybridized carbons (Fsp3) is 0.875. The molecule has 0 aliphatic rings. The number of hydrogen-bond acceptors (Lipinski definition) is 4. The van der Waals surface area contributed by atoms with Gasteiger partial charge in [0.25, 0.3) is 0 Å². The minimum absolute atomic E-state index is 0.0384. The van der Waals surface area contributed by atoms with Crippen molar-refractivity contribution in [2.45, 2.75) is 19.4 Å². The van der Waals surface area contributed by atoms with Crippen LogP contribution >= 0.6 is 0 Å². The van der Waals surface area contributed by atoms with Gasteiger partial charge in [-0.1, -0.05) is 6.92 Å². The summed E-state index contributed by atoms with van der Waals surface area (Å²) >= 11 is 0. The van der Waals surface area contributed by atoms with Crippen LogP contribution < -0.4 is 5.32 Å². The standard InChI is InChI=1S/C8H17NO3/c1-4-7(5-9-2)12-6-8(10)11-3/h7,9H,4-6H2,1-3H3. The van der Waals surface area contributed by atoms with Gasteiger partial charge in [-0.05, 0) is 13.5 Å². The van der Waals surface area contributed by atoms with Crippen LogP contribution in [0.3, 0.4) is 0 Å². The van der Waals surface area contributed by atoms with Crippen molar-refractivity contribution >= 4 is 5.97 Å². The first-order valence-corrected chi connectivity index (χ1v) is 4.07. The molecule has 0 bridgehead atoms. The molecule has 0 aromatic carbocycles. The lowest BCUT2D eigenvalue weighted by Gasteiger charge is -2.14. The molecule has 0 aromatic heterocycles. The van der Waals surface area contributed by atoms with Crippen molar-refractivity contribution < 1.29 is 14.3 Å². The highest BCUT2D eigenvalue weighted by Crippen LogP contribution is 1.95. The average molecular weight is 175 g/mol. The van der Waals surface area contributed by atoms with E-state index < -0.39 is 0 Å². The third-order valence-electron chi connectivity index (χ3n) is 1.55. The summed E-state index contributed by atoms with van der Waals surface area (Å²) in [5.74, 6) is -0.329. The molecule has 4 nitrogen and oxygen atoms in total. The Labute approximate surface area is 73.2 Å². The number of ether oxygens (including phenoxy) is 2. The van der Waals surface area contributed by atoms with Crippen molar-refractivity contribution in [3.05, 3.63) is 0 Å². The molecule has 0 aliphatic carbocycles. The van der Waals surface area contributed by atoms with Gasteiger partial charge in [0.2, 0.25) is 0 Å². The molecule has 1 atom stereocenters. The molecule has 0 aliphatic heterocycles. The van der Waals surface area contributed by atoms with Crippen LogP contribution in [-0.2, 0) is 14.3 Å². The highest BCUT2D eigenvalue weighted by Gasteiger charge is 2.07. The third-order valence-corrected chi connectivity index (χ3v) is 1.55. The van der Waals surface area contributed by atoms with Crippen molar-refractivity contribution in [1.29, 1.82) is 0 Å². The van der Waals surface area contributed by atoms with E-state index in [1.165, 1.54) is 7.11 Å². The van der Waals surface area contributed by atoms with Crippen LogP contribution in [0.4, 0.5) is 0 Å². The third kappa shape index (κ3) is 5.09. The molecule has 12 heavy (non-hydrogen) atoms. The maximum atomic E-state index is 10.7. The van der Waals surface area contributed by atoms with E-state index in [9.17, 15) is 4.79 Å². The number of nitrogens with one attached hydrogen (secondary N) is 1. The number of hydrogen-bond donors (Lipinski definition) is 1. The second-order valence-electron chi connectivity index (χ2n) is 2.48. The Morgan fingerprint density at radius 3 is 2.67 bits per heavy atom. The fourth-order valence-electron chi connectivity index (χ4n) is 0.794. The Hall–Kier alpha value is -0.610. The van der Waals surface area contributed by atoms with Crippen LogP contribution in [0.25, 0.3) is 0 Å². The van der Waals surface area contributed by atoms with Gasteiger partial charge in [-0.3, -0.25) is 0 Å². The lowest BCUT2D eigenvalue weighted by Crippen LogP contribution is -2.28. The zero-order valence-electron chi connectivity index (χ0n) is 7.92. The quantitative estimate of drug-likeness (QED) is 0.585. The van der Waals surface area contributed by atoms with E-state index in [-0.39, 0.29) is 18.7 Å². The van der Waals surface area contributed by atoms with Crippen LogP contribution in [0.2, 0.25) is 0 Å². The Balaban J connectivity index is 3.50. The molecule has 0 saturated carbocycles. The summed E-state index contributed by atoms with van der Waals surface area (Å²) in [6.45, 7) is 2.81. The Kier molecular flexibility index (Phi) is 6.70. The van der Waals surface area contributed by atoms with E-state index in [1.807, 2.05) is 14.0 Å². The number of methoxy groups -OCH3 is 1. The van der Waals surface area contributed by atoms with Crippen LogP contribution in [0.5, 0.6) is 0 Å². The van der Waals surface area contributed by atoms with E-state index >= 15 is 0 Å². The van der Waals surface area contributed by atoms with Gasteiger partial charge in [0.15, 0.2) is 0 Å². The molecule has 0 fully saturated rings. The lowest BCUT2D eigenvalue weighted by atomic mass is 10.3. The molecule has 0 spiro atoms. The Morgan fingerprint density at radius 2 is 2.25 bits per heavy atom. The van der Waals surface area contributed by atoms with Crippen LogP contribution in [0, 0.1) is 0 Å². The van der Waals surface area contributed by atoms with Crippen LogP contribution in [-0.4, -0.2) is 39.4 Å². The van der Waals surface area contributed by atoms with Gasteiger partial charge in [0.1, 0.15) is 6.61 Å². The van der Waals surface area contributed by atoms with Crippen molar-refractivity contribution in [2.24, 2.45) is 0 Å². The average Bonchev–Trinajstić information content (AvgIpc) is 2.11. The summed E-state index contributed by atoms with van der Waals surface area (Å²) < 4.78 is 9.69. The maximum absolute atomic E-state index is 10.7. The van der Waals surface area contributed by atoms with Gasteiger partial charge < -0.3 is 14.8 Å². The lowest BCUT2D eigenvalue weighted by molar-refractivity contribution is -0.147. The topological polar surface area (TPSA) is 47.6 Å². The van der Waals surface area contributed by atoms with Gasteiger partial charge in [-0.25, -0.2) is 4.79 Å². The van der Waals surface area contributed by atoms with Gasteiger partial charge in [0, 0.05) is 6.54 Å². The molecule has 0 radical (unpaired) electrons. The number of likely N-dealkylation sites (N-methyl/N-ethyl adjacent to an activating group) is 1.